The maximum absolute atomic E-state index is 12.6. The Morgan fingerprint density at radius 1 is 1.22 bits per heavy atom. The fourth-order valence-electron chi connectivity index (χ4n) is 3.18. The SMILES string of the molecule is CCCCC1=CN=C(N(C(=O)CC)C(CCC)CCC)N(C)C1. The van der Waals surface area contributed by atoms with Gasteiger partial charge < -0.3 is 4.90 Å². The summed E-state index contributed by atoms with van der Waals surface area (Å²) >= 11 is 0. The molecule has 0 saturated carbocycles. The predicted octanol–water partition coefficient (Wildman–Crippen LogP) is 4.57. The second-order valence-corrected chi connectivity index (χ2v) is 6.52. The van der Waals surface area contributed by atoms with Gasteiger partial charge in [-0.3, -0.25) is 9.69 Å². The van der Waals surface area contributed by atoms with Gasteiger partial charge >= 0.3 is 0 Å². The zero-order chi connectivity index (χ0) is 17.2. The van der Waals surface area contributed by atoms with Crippen LogP contribution in [0.1, 0.15) is 79.1 Å². The maximum Gasteiger partial charge on any atom is 0.229 e. The van der Waals surface area contributed by atoms with Crippen molar-refractivity contribution < 1.29 is 4.79 Å². The molecular weight excluding hydrogens is 286 g/mol. The van der Waals surface area contributed by atoms with Crippen molar-refractivity contribution in [2.24, 2.45) is 4.99 Å². The maximum atomic E-state index is 12.6. The molecule has 0 N–H and O–H groups in total. The van der Waals surface area contributed by atoms with Crippen LogP contribution in [0.5, 0.6) is 0 Å². The van der Waals surface area contributed by atoms with E-state index in [-0.39, 0.29) is 11.9 Å². The Bertz CT molecular complexity index is 422. The molecule has 0 aromatic heterocycles. The first kappa shape index (κ1) is 19.7. The molecule has 4 heteroatoms. The summed E-state index contributed by atoms with van der Waals surface area (Å²) in [6, 6.07) is 0.268. The van der Waals surface area contributed by atoms with Gasteiger partial charge in [0.2, 0.25) is 11.9 Å². The van der Waals surface area contributed by atoms with Gasteiger partial charge in [0.15, 0.2) is 0 Å². The van der Waals surface area contributed by atoms with Crippen LogP contribution in [0.4, 0.5) is 0 Å². The van der Waals surface area contributed by atoms with Gasteiger partial charge in [-0.05, 0) is 31.3 Å². The van der Waals surface area contributed by atoms with Crippen LogP contribution >= 0.6 is 0 Å². The Labute approximate surface area is 142 Å². The van der Waals surface area contributed by atoms with Crippen molar-refractivity contribution >= 4 is 11.9 Å². The number of rotatable bonds is 9. The molecule has 0 radical (unpaired) electrons. The van der Waals surface area contributed by atoms with Gasteiger partial charge in [-0.1, -0.05) is 47.0 Å². The van der Waals surface area contributed by atoms with Crippen LogP contribution in [-0.2, 0) is 4.79 Å². The third-order valence-electron chi connectivity index (χ3n) is 4.39. The average molecular weight is 322 g/mol. The Morgan fingerprint density at radius 3 is 2.35 bits per heavy atom. The van der Waals surface area contributed by atoms with Gasteiger partial charge in [0.25, 0.3) is 0 Å². The number of carbonyl (C=O) groups is 1. The van der Waals surface area contributed by atoms with Crippen molar-refractivity contribution in [3.8, 4) is 0 Å². The van der Waals surface area contributed by atoms with Gasteiger partial charge in [0.1, 0.15) is 0 Å². The quantitative estimate of drug-likeness (QED) is 0.623. The van der Waals surface area contributed by atoms with Crippen molar-refractivity contribution in [1.82, 2.24) is 9.80 Å². The topological polar surface area (TPSA) is 35.9 Å². The molecule has 1 aliphatic heterocycles. The third-order valence-corrected chi connectivity index (χ3v) is 4.39. The van der Waals surface area contributed by atoms with Gasteiger partial charge in [-0.15, -0.1) is 0 Å². The number of aliphatic imine (C=N–C) groups is 1. The zero-order valence-electron chi connectivity index (χ0n) is 15.8. The molecule has 1 heterocycles. The smallest absolute Gasteiger partial charge is 0.229 e. The second kappa shape index (κ2) is 10.5. The first-order valence-electron chi connectivity index (χ1n) is 9.37. The van der Waals surface area contributed by atoms with E-state index >= 15 is 0 Å². The molecule has 1 rings (SSSR count). The van der Waals surface area contributed by atoms with E-state index in [1.807, 2.05) is 18.0 Å². The van der Waals surface area contributed by atoms with Crippen molar-refractivity contribution in [3.63, 3.8) is 0 Å². The van der Waals surface area contributed by atoms with Crippen LogP contribution in [0.25, 0.3) is 0 Å². The minimum absolute atomic E-state index is 0.188. The first-order chi connectivity index (χ1) is 11.1. The highest BCUT2D eigenvalue weighted by Gasteiger charge is 2.29. The summed E-state index contributed by atoms with van der Waals surface area (Å²) < 4.78 is 0. The van der Waals surface area contributed by atoms with E-state index in [1.54, 1.807) is 0 Å². The molecule has 0 aliphatic carbocycles. The summed E-state index contributed by atoms with van der Waals surface area (Å²) in [6.45, 7) is 9.41. The molecule has 0 fully saturated rings. The van der Waals surface area contributed by atoms with Crippen LogP contribution in [0, 0.1) is 0 Å². The Kier molecular flexibility index (Phi) is 8.97. The molecule has 0 saturated heterocycles. The van der Waals surface area contributed by atoms with E-state index in [2.05, 4.69) is 37.7 Å². The zero-order valence-corrected chi connectivity index (χ0v) is 15.8. The minimum atomic E-state index is 0.188. The molecule has 1 amide bonds. The summed E-state index contributed by atoms with van der Waals surface area (Å²) in [5, 5.41) is 0. The monoisotopic (exact) mass is 321 g/mol. The molecule has 4 nitrogen and oxygen atoms in total. The average Bonchev–Trinajstić information content (AvgIpc) is 2.55. The van der Waals surface area contributed by atoms with Crippen LogP contribution in [0.15, 0.2) is 16.8 Å². The van der Waals surface area contributed by atoms with Crippen LogP contribution in [0.2, 0.25) is 0 Å². The molecule has 23 heavy (non-hydrogen) atoms. The molecule has 1 aliphatic rings. The van der Waals surface area contributed by atoms with E-state index in [4.69, 9.17) is 0 Å². The summed E-state index contributed by atoms with van der Waals surface area (Å²) in [5.41, 5.74) is 1.37. The van der Waals surface area contributed by atoms with Crippen molar-refractivity contribution in [3.05, 3.63) is 11.8 Å². The Balaban J connectivity index is 3.03. The molecule has 0 aromatic carbocycles. The molecule has 0 atom stereocenters. The third kappa shape index (κ3) is 5.67. The lowest BCUT2D eigenvalue weighted by atomic mass is 10.0. The summed E-state index contributed by atoms with van der Waals surface area (Å²) in [4.78, 5) is 21.4. The fraction of sp³-hybridized carbons (Fsp3) is 0.789. The van der Waals surface area contributed by atoms with E-state index in [9.17, 15) is 4.79 Å². The number of guanidine groups is 1. The standard InChI is InChI=1S/C19H35N3O/c1-6-10-13-16-14-20-19(21(5)15-16)22(18(23)9-4)17(11-7-2)12-8-3/h14,17H,6-13,15H2,1-5H3. The molecule has 132 valence electrons. The summed E-state index contributed by atoms with van der Waals surface area (Å²) in [7, 11) is 2.06. The molecule has 0 aromatic rings. The number of nitrogens with zero attached hydrogens (tertiary/aromatic N) is 3. The van der Waals surface area contributed by atoms with Gasteiger partial charge in [-0.25, -0.2) is 4.99 Å². The molecular formula is C19H35N3O. The number of likely N-dealkylation sites (N-methyl/N-ethyl adjacent to an activating group) is 1. The van der Waals surface area contributed by atoms with Crippen LogP contribution in [0.3, 0.4) is 0 Å². The summed E-state index contributed by atoms with van der Waals surface area (Å²) in [6.07, 6.45) is 10.3. The lowest BCUT2D eigenvalue weighted by Crippen LogP contribution is -2.52. The Hall–Kier alpha value is -1.32. The number of hydrogen-bond donors (Lipinski definition) is 0. The lowest BCUT2D eigenvalue weighted by Gasteiger charge is -2.38. The van der Waals surface area contributed by atoms with E-state index in [1.165, 1.54) is 18.4 Å². The van der Waals surface area contributed by atoms with Crippen molar-refractivity contribution in [2.75, 3.05) is 13.6 Å². The second-order valence-electron chi connectivity index (χ2n) is 6.52. The number of unbranched alkanes of at least 4 members (excludes halogenated alkanes) is 1. The lowest BCUT2D eigenvalue weighted by molar-refractivity contribution is -0.129. The number of carbonyl (C=O) groups excluding carboxylic acids is 1. The fourth-order valence-corrected chi connectivity index (χ4v) is 3.18. The summed E-state index contributed by atoms with van der Waals surface area (Å²) in [5.74, 6) is 1.02. The van der Waals surface area contributed by atoms with E-state index < -0.39 is 0 Å². The number of amides is 1. The Morgan fingerprint density at radius 2 is 1.87 bits per heavy atom. The van der Waals surface area contributed by atoms with Crippen molar-refractivity contribution in [2.45, 2.75) is 85.1 Å². The number of hydrogen-bond acceptors (Lipinski definition) is 3. The highest BCUT2D eigenvalue weighted by atomic mass is 16.2. The van der Waals surface area contributed by atoms with Crippen molar-refractivity contribution in [1.29, 1.82) is 0 Å². The molecule has 0 unspecified atom stereocenters. The van der Waals surface area contributed by atoms with Gasteiger partial charge in [0, 0.05) is 32.3 Å². The predicted molar refractivity (Wildman–Crippen MR) is 98.4 cm³/mol. The first-order valence-corrected chi connectivity index (χ1v) is 9.37. The van der Waals surface area contributed by atoms with Gasteiger partial charge in [0.05, 0.1) is 0 Å². The van der Waals surface area contributed by atoms with Gasteiger partial charge in [-0.2, -0.15) is 0 Å². The van der Waals surface area contributed by atoms with Crippen LogP contribution in [-0.4, -0.2) is 41.3 Å². The minimum Gasteiger partial charge on any atom is -0.341 e. The molecule has 0 spiro atoms. The largest absolute Gasteiger partial charge is 0.341 e. The van der Waals surface area contributed by atoms with E-state index in [0.29, 0.717) is 6.42 Å². The molecule has 0 bridgehead atoms. The normalized spacial score (nSPS) is 14.8. The van der Waals surface area contributed by atoms with Crippen LogP contribution < -0.4 is 0 Å². The highest BCUT2D eigenvalue weighted by molar-refractivity contribution is 5.98. The van der Waals surface area contributed by atoms with E-state index in [0.717, 1.165) is 44.6 Å². The highest BCUT2D eigenvalue weighted by Crippen LogP contribution is 2.21.